The van der Waals surface area contributed by atoms with E-state index in [4.69, 9.17) is 0 Å². The number of carbonyl (C=O) groups is 1. The van der Waals surface area contributed by atoms with Gasteiger partial charge in [0, 0.05) is 22.9 Å². The Kier molecular flexibility index (Phi) is 5.11. The largest absolute Gasteiger partial charge is 0.337 e. The molecule has 0 aliphatic rings. The van der Waals surface area contributed by atoms with Crippen LogP contribution in [0.2, 0.25) is 0 Å². The van der Waals surface area contributed by atoms with E-state index < -0.39 is 0 Å². The van der Waals surface area contributed by atoms with Crippen molar-refractivity contribution in [2.45, 2.75) is 19.5 Å². The Morgan fingerprint density at radius 1 is 1.18 bits per heavy atom. The van der Waals surface area contributed by atoms with Crippen molar-refractivity contribution in [3.63, 3.8) is 0 Å². The van der Waals surface area contributed by atoms with Crippen molar-refractivity contribution in [3.8, 4) is 10.4 Å². The van der Waals surface area contributed by atoms with E-state index >= 15 is 0 Å². The lowest BCUT2D eigenvalue weighted by Crippen LogP contribution is -2.35. The molecule has 0 bridgehead atoms. The lowest BCUT2D eigenvalue weighted by atomic mass is 10.1. The summed E-state index contributed by atoms with van der Waals surface area (Å²) in [5, 5.41) is 4.53. The lowest BCUT2D eigenvalue weighted by Gasteiger charge is -2.25. The van der Waals surface area contributed by atoms with Gasteiger partial charge in [-0.3, -0.25) is 14.2 Å². The summed E-state index contributed by atoms with van der Waals surface area (Å²) in [5.74, 6) is -0.132. The molecule has 0 unspecified atom stereocenters. The molecule has 0 saturated carbocycles. The van der Waals surface area contributed by atoms with E-state index in [1.165, 1.54) is 22.2 Å². The van der Waals surface area contributed by atoms with Gasteiger partial charge in [-0.2, -0.15) is 0 Å². The van der Waals surface area contributed by atoms with Gasteiger partial charge < -0.3 is 4.90 Å². The molecule has 0 saturated heterocycles. The second kappa shape index (κ2) is 7.69. The van der Waals surface area contributed by atoms with Gasteiger partial charge in [-0.15, -0.1) is 22.7 Å². The third kappa shape index (κ3) is 3.39. The number of hydrogen-bond acceptors (Lipinski definition) is 5. The summed E-state index contributed by atoms with van der Waals surface area (Å²) in [6.45, 7) is 1.94. The van der Waals surface area contributed by atoms with Gasteiger partial charge in [-0.05, 0) is 23.9 Å². The number of carbonyl (C=O) groups excluding carboxylic acids is 1. The molecular formula is C21H19N3O2S2. The summed E-state index contributed by atoms with van der Waals surface area (Å²) in [5.41, 5.74) is 1.76. The Labute approximate surface area is 170 Å². The highest BCUT2D eigenvalue weighted by Gasteiger charge is 2.20. The van der Waals surface area contributed by atoms with Gasteiger partial charge in [0.25, 0.3) is 5.56 Å². The number of aromatic nitrogens is 2. The zero-order chi connectivity index (χ0) is 19.7. The van der Waals surface area contributed by atoms with Crippen LogP contribution in [0.25, 0.3) is 20.7 Å². The first kappa shape index (κ1) is 18.6. The van der Waals surface area contributed by atoms with E-state index in [1.54, 1.807) is 23.3 Å². The molecule has 4 rings (SSSR count). The Balaban J connectivity index is 1.63. The van der Waals surface area contributed by atoms with Crippen molar-refractivity contribution in [2.75, 3.05) is 7.05 Å². The lowest BCUT2D eigenvalue weighted by molar-refractivity contribution is -0.132. The van der Waals surface area contributed by atoms with Crippen molar-refractivity contribution in [1.29, 1.82) is 0 Å². The first-order valence-corrected chi connectivity index (χ1v) is 10.6. The van der Waals surface area contributed by atoms with Crippen molar-refractivity contribution in [2.24, 2.45) is 0 Å². The predicted molar refractivity (Wildman–Crippen MR) is 115 cm³/mol. The van der Waals surface area contributed by atoms with Crippen LogP contribution in [-0.2, 0) is 11.3 Å². The number of fused-ring (bicyclic) bond motifs is 1. The SMILES string of the molecule is C[C@H](c1ccccc1)N(C)C(=O)Cn1cnc2scc(-c3cccs3)c2c1=O. The molecule has 0 aliphatic heterocycles. The molecule has 0 radical (unpaired) electrons. The van der Waals surface area contributed by atoms with Gasteiger partial charge in [-0.25, -0.2) is 4.98 Å². The van der Waals surface area contributed by atoms with Crippen LogP contribution in [0.4, 0.5) is 0 Å². The topological polar surface area (TPSA) is 55.2 Å². The molecule has 1 amide bonds. The summed E-state index contributed by atoms with van der Waals surface area (Å²) < 4.78 is 1.41. The van der Waals surface area contributed by atoms with Crippen LogP contribution in [0.15, 0.2) is 64.3 Å². The fourth-order valence-electron chi connectivity index (χ4n) is 3.12. The van der Waals surface area contributed by atoms with Gasteiger partial charge in [-0.1, -0.05) is 36.4 Å². The Bertz CT molecular complexity index is 1160. The Morgan fingerprint density at radius 3 is 2.68 bits per heavy atom. The molecule has 28 heavy (non-hydrogen) atoms. The predicted octanol–water partition coefficient (Wildman–Crippen LogP) is 4.41. The molecule has 3 heterocycles. The highest BCUT2D eigenvalue weighted by molar-refractivity contribution is 7.18. The number of amides is 1. The monoisotopic (exact) mass is 409 g/mol. The first-order valence-electron chi connectivity index (χ1n) is 8.87. The minimum Gasteiger partial charge on any atom is -0.337 e. The molecule has 0 aliphatic carbocycles. The average Bonchev–Trinajstić information content (AvgIpc) is 3.39. The molecule has 0 N–H and O–H groups in total. The number of nitrogens with zero attached hydrogens (tertiary/aromatic N) is 3. The maximum Gasteiger partial charge on any atom is 0.263 e. The van der Waals surface area contributed by atoms with E-state index in [0.717, 1.165) is 16.0 Å². The number of likely N-dealkylation sites (N-methyl/N-ethyl adjacent to an activating group) is 1. The summed E-state index contributed by atoms with van der Waals surface area (Å²) in [4.78, 5) is 33.7. The second-order valence-corrected chi connectivity index (χ2v) is 8.38. The van der Waals surface area contributed by atoms with Crippen molar-refractivity contribution < 1.29 is 4.79 Å². The number of rotatable bonds is 5. The van der Waals surface area contributed by atoms with Gasteiger partial charge in [0.2, 0.25) is 5.91 Å². The minimum absolute atomic E-state index is 0.0326. The van der Waals surface area contributed by atoms with Crippen LogP contribution in [0.5, 0.6) is 0 Å². The van der Waals surface area contributed by atoms with Gasteiger partial charge in [0.1, 0.15) is 11.4 Å². The van der Waals surface area contributed by atoms with Crippen LogP contribution in [0.3, 0.4) is 0 Å². The number of hydrogen-bond donors (Lipinski definition) is 0. The highest BCUT2D eigenvalue weighted by atomic mass is 32.1. The molecule has 5 nitrogen and oxygen atoms in total. The molecule has 0 spiro atoms. The van der Waals surface area contributed by atoms with E-state index in [2.05, 4.69) is 4.98 Å². The van der Waals surface area contributed by atoms with Gasteiger partial charge >= 0.3 is 0 Å². The maximum atomic E-state index is 13.1. The Hall–Kier alpha value is -2.77. The van der Waals surface area contributed by atoms with Crippen LogP contribution in [-0.4, -0.2) is 27.4 Å². The Morgan fingerprint density at radius 2 is 1.96 bits per heavy atom. The van der Waals surface area contributed by atoms with Crippen LogP contribution >= 0.6 is 22.7 Å². The standard InChI is InChI=1S/C21H19N3O2S2/c1-14(15-7-4-3-5-8-15)23(2)18(25)11-24-13-22-20-19(21(24)26)16(12-28-20)17-9-6-10-27-17/h3-10,12-14H,11H2,1-2H3/t14-/m1/s1. The second-order valence-electron chi connectivity index (χ2n) is 6.58. The summed E-state index contributed by atoms with van der Waals surface area (Å²) in [6, 6.07) is 13.7. The molecule has 4 aromatic rings. The fourth-order valence-corrected chi connectivity index (χ4v) is 4.84. The highest BCUT2D eigenvalue weighted by Crippen LogP contribution is 2.33. The minimum atomic E-state index is -0.177. The van der Waals surface area contributed by atoms with Gasteiger partial charge in [0.05, 0.1) is 17.8 Å². The van der Waals surface area contributed by atoms with Gasteiger partial charge in [0.15, 0.2) is 0 Å². The average molecular weight is 410 g/mol. The van der Waals surface area contributed by atoms with Crippen LogP contribution in [0.1, 0.15) is 18.5 Å². The number of benzene rings is 1. The van der Waals surface area contributed by atoms with Crippen molar-refractivity contribution >= 4 is 38.8 Å². The van der Waals surface area contributed by atoms with Crippen LogP contribution < -0.4 is 5.56 Å². The van der Waals surface area contributed by atoms with E-state index in [1.807, 2.05) is 60.1 Å². The van der Waals surface area contributed by atoms with Crippen molar-refractivity contribution in [1.82, 2.24) is 14.5 Å². The molecule has 1 atom stereocenters. The maximum absolute atomic E-state index is 13.1. The summed E-state index contributed by atoms with van der Waals surface area (Å²) >= 11 is 3.04. The van der Waals surface area contributed by atoms with E-state index in [-0.39, 0.29) is 24.1 Å². The summed E-state index contributed by atoms with van der Waals surface area (Å²) in [7, 11) is 1.76. The third-order valence-corrected chi connectivity index (χ3v) is 6.70. The first-order chi connectivity index (χ1) is 13.6. The molecule has 7 heteroatoms. The van der Waals surface area contributed by atoms with Crippen LogP contribution in [0, 0.1) is 0 Å². The molecule has 142 valence electrons. The summed E-state index contributed by atoms with van der Waals surface area (Å²) in [6.07, 6.45) is 1.47. The van der Waals surface area contributed by atoms with Crippen molar-refractivity contribution in [3.05, 3.63) is 75.5 Å². The normalized spacial score (nSPS) is 12.2. The van der Waals surface area contributed by atoms with E-state index in [9.17, 15) is 9.59 Å². The molecular weight excluding hydrogens is 390 g/mol. The molecule has 3 aromatic heterocycles. The zero-order valence-corrected chi connectivity index (χ0v) is 17.2. The molecule has 0 fully saturated rings. The fraction of sp³-hybridized carbons (Fsp3) is 0.190. The smallest absolute Gasteiger partial charge is 0.263 e. The quantitative estimate of drug-likeness (QED) is 0.491. The number of thiophene rings is 2. The van der Waals surface area contributed by atoms with E-state index in [0.29, 0.717) is 10.2 Å². The zero-order valence-electron chi connectivity index (χ0n) is 15.5. The molecule has 1 aromatic carbocycles. The third-order valence-electron chi connectivity index (χ3n) is 4.91.